The van der Waals surface area contributed by atoms with Crippen LogP contribution in [0.25, 0.3) is 0 Å². The van der Waals surface area contributed by atoms with Gasteiger partial charge in [0.15, 0.2) is 5.78 Å². The molecule has 3 rings (SSSR count). The quantitative estimate of drug-likeness (QED) is 0.760. The fourth-order valence-electron chi connectivity index (χ4n) is 2.87. The zero-order valence-electron chi connectivity index (χ0n) is 14.0. The Morgan fingerprint density at radius 2 is 1.96 bits per heavy atom. The number of benzene rings is 2. The number of rotatable bonds is 3. The molecule has 0 saturated heterocycles. The van der Waals surface area contributed by atoms with Crippen LogP contribution in [0.3, 0.4) is 0 Å². The second-order valence-corrected chi connectivity index (χ2v) is 6.80. The van der Waals surface area contributed by atoms with Gasteiger partial charge in [0.2, 0.25) is 0 Å². The summed E-state index contributed by atoms with van der Waals surface area (Å²) in [5.74, 6) is -0.297. The van der Waals surface area contributed by atoms with Crippen LogP contribution in [0.2, 0.25) is 5.02 Å². The highest BCUT2D eigenvalue weighted by Gasteiger charge is 2.32. The monoisotopic (exact) mass is 358 g/mol. The second kappa shape index (κ2) is 6.81. The maximum atomic E-state index is 12.6. The molecule has 1 unspecified atom stereocenters. The zero-order valence-corrected chi connectivity index (χ0v) is 14.8. The molecule has 4 nitrogen and oxygen atoms in total. The van der Waals surface area contributed by atoms with Crippen molar-refractivity contribution < 1.29 is 19.7 Å². The third-order valence-corrected chi connectivity index (χ3v) is 4.47. The van der Waals surface area contributed by atoms with Crippen LogP contribution in [0, 0.1) is 0 Å². The first kappa shape index (κ1) is 17.4. The van der Waals surface area contributed by atoms with Gasteiger partial charge < -0.3 is 14.9 Å². The summed E-state index contributed by atoms with van der Waals surface area (Å²) in [6.07, 6.45) is 1.88. The van der Waals surface area contributed by atoms with Gasteiger partial charge in [-0.05, 0) is 38.0 Å². The highest BCUT2D eigenvalue weighted by atomic mass is 35.5. The largest absolute Gasteiger partial charge is 0.507 e. The molecule has 130 valence electrons. The average molecular weight is 359 g/mol. The molecule has 0 spiro atoms. The summed E-state index contributed by atoms with van der Waals surface area (Å²) in [6.45, 7) is 3.86. The van der Waals surface area contributed by atoms with Crippen LogP contribution in [-0.4, -0.2) is 16.0 Å². The lowest BCUT2D eigenvalue weighted by molar-refractivity contribution is 0.0844. The normalized spacial score (nSPS) is 16.1. The topological polar surface area (TPSA) is 66.8 Å². The van der Waals surface area contributed by atoms with Gasteiger partial charge in [-0.25, -0.2) is 0 Å². The number of Topliss-reactive ketones (excluding diaryl/α,β-unsaturated/α-hetero) is 1. The van der Waals surface area contributed by atoms with Crippen LogP contribution >= 0.6 is 11.6 Å². The van der Waals surface area contributed by atoms with E-state index in [1.54, 1.807) is 24.3 Å². The predicted octanol–water partition coefficient (Wildman–Crippen LogP) is 4.97. The maximum absolute atomic E-state index is 12.6. The molecule has 0 bridgehead atoms. The summed E-state index contributed by atoms with van der Waals surface area (Å²) >= 11 is 5.89. The Kier molecular flexibility index (Phi) is 4.73. The number of aromatic hydroxyl groups is 2. The molecule has 2 N–H and O–H groups in total. The van der Waals surface area contributed by atoms with Crippen LogP contribution in [0.5, 0.6) is 17.2 Å². The molecule has 1 heterocycles. The van der Waals surface area contributed by atoms with Crippen LogP contribution in [-0.2, 0) is 6.42 Å². The van der Waals surface area contributed by atoms with Crippen LogP contribution in [0.1, 0.15) is 47.9 Å². The van der Waals surface area contributed by atoms with Crippen molar-refractivity contribution in [3.05, 3.63) is 63.7 Å². The molecule has 5 heteroatoms. The Bertz CT molecular complexity index is 849. The van der Waals surface area contributed by atoms with E-state index in [9.17, 15) is 15.0 Å². The van der Waals surface area contributed by atoms with Crippen LogP contribution in [0.4, 0.5) is 0 Å². The first-order valence-electron chi connectivity index (χ1n) is 8.03. The SMILES string of the molecule is CC(C)=CCc1c(O)cc2c(c1O)C(=O)CC(c1ccc(Cl)cc1)O2. The van der Waals surface area contributed by atoms with Gasteiger partial charge in [-0.1, -0.05) is 35.4 Å². The van der Waals surface area contributed by atoms with Crippen molar-refractivity contribution in [1.29, 1.82) is 0 Å². The summed E-state index contributed by atoms with van der Waals surface area (Å²) in [4.78, 5) is 12.6. The van der Waals surface area contributed by atoms with Crippen LogP contribution in [0.15, 0.2) is 42.0 Å². The molecule has 1 atom stereocenters. The predicted molar refractivity (Wildman–Crippen MR) is 96.7 cm³/mol. The Hall–Kier alpha value is -2.46. The number of phenolic OH excluding ortho intramolecular Hbond substituents is 2. The molecule has 2 aromatic carbocycles. The average Bonchev–Trinajstić information content (AvgIpc) is 2.54. The fourth-order valence-corrected chi connectivity index (χ4v) is 3.00. The number of carbonyl (C=O) groups excluding carboxylic acids is 1. The summed E-state index contributed by atoms with van der Waals surface area (Å²) in [5, 5.41) is 21.3. The summed E-state index contributed by atoms with van der Waals surface area (Å²) in [7, 11) is 0. The lowest BCUT2D eigenvalue weighted by atomic mass is 9.93. The standard InChI is InChI=1S/C20H19ClO4/c1-11(2)3-8-14-15(22)9-18-19(20(14)24)16(23)10-17(25-18)12-4-6-13(21)7-5-12/h3-7,9,17,22,24H,8,10H2,1-2H3. The smallest absolute Gasteiger partial charge is 0.174 e. The molecular weight excluding hydrogens is 340 g/mol. The van der Waals surface area contributed by atoms with E-state index >= 15 is 0 Å². The second-order valence-electron chi connectivity index (χ2n) is 6.37. The minimum absolute atomic E-state index is 0.0849. The summed E-state index contributed by atoms with van der Waals surface area (Å²) < 4.78 is 5.87. The molecule has 0 fully saturated rings. The number of hydrogen-bond acceptors (Lipinski definition) is 4. The van der Waals surface area contributed by atoms with Crippen molar-refractivity contribution in [3.8, 4) is 17.2 Å². The third kappa shape index (κ3) is 3.49. The van der Waals surface area contributed by atoms with Gasteiger partial charge in [-0.3, -0.25) is 4.79 Å². The molecule has 0 radical (unpaired) electrons. The van der Waals surface area contributed by atoms with Crippen molar-refractivity contribution in [2.24, 2.45) is 0 Å². The Morgan fingerprint density at radius 3 is 2.60 bits per heavy atom. The highest BCUT2D eigenvalue weighted by molar-refractivity contribution is 6.30. The summed E-state index contributed by atoms with van der Waals surface area (Å²) in [6, 6.07) is 8.47. The van der Waals surface area contributed by atoms with E-state index in [4.69, 9.17) is 16.3 Å². The fraction of sp³-hybridized carbons (Fsp3) is 0.250. The molecule has 1 aliphatic rings. The molecular formula is C20H19ClO4. The molecule has 25 heavy (non-hydrogen) atoms. The minimum atomic E-state index is -0.473. The number of ether oxygens (including phenoxy) is 1. The van der Waals surface area contributed by atoms with E-state index in [0.29, 0.717) is 17.0 Å². The molecule has 0 amide bonds. The third-order valence-electron chi connectivity index (χ3n) is 4.22. The van der Waals surface area contributed by atoms with E-state index in [1.807, 2.05) is 19.9 Å². The van der Waals surface area contributed by atoms with Gasteiger partial charge in [0.05, 0.1) is 6.42 Å². The van der Waals surface area contributed by atoms with Gasteiger partial charge in [-0.15, -0.1) is 0 Å². The van der Waals surface area contributed by atoms with Crippen LogP contribution < -0.4 is 4.74 Å². The number of ketones is 1. The van der Waals surface area contributed by atoms with Crippen molar-refractivity contribution in [3.63, 3.8) is 0 Å². The molecule has 0 saturated carbocycles. The zero-order chi connectivity index (χ0) is 18.1. The Morgan fingerprint density at radius 1 is 1.28 bits per heavy atom. The number of hydrogen-bond donors (Lipinski definition) is 2. The van der Waals surface area contributed by atoms with Gasteiger partial charge >= 0.3 is 0 Å². The first-order chi connectivity index (χ1) is 11.9. The lowest BCUT2D eigenvalue weighted by Crippen LogP contribution is -2.20. The van der Waals surface area contributed by atoms with Crippen molar-refractivity contribution in [2.45, 2.75) is 32.8 Å². The number of fused-ring (bicyclic) bond motifs is 1. The van der Waals surface area contributed by atoms with E-state index < -0.39 is 6.10 Å². The molecule has 0 aliphatic carbocycles. The van der Waals surface area contributed by atoms with Crippen molar-refractivity contribution in [2.75, 3.05) is 0 Å². The highest BCUT2D eigenvalue weighted by Crippen LogP contribution is 2.44. The number of allylic oxidation sites excluding steroid dienone is 2. The van der Waals surface area contributed by atoms with Gasteiger partial charge in [0.1, 0.15) is 28.9 Å². The van der Waals surface area contributed by atoms with Gasteiger partial charge in [0.25, 0.3) is 0 Å². The lowest BCUT2D eigenvalue weighted by Gasteiger charge is -2.27. The van der Waals surface area contributed by atoms with Crippen molar-refractivity contribution in [1.82, 2.24) is 0 Å². The number of halogens is 1. The summed E-state index contributed by atoms with van der Waals surface area (Å²) in [5.41, 5.74) is 2.35. The van der Waals surface area contributed by atoms with Gasteiger partial charge in [0, 0.05) is 16.7 Å². The Labute approximate surface area is 151 Å². The molecule has 2 aromatic rings. The van der Waals surface area contributed by atoms with Crippen molar-refractivity contribution >= 4 is 17.4 Å². The first-order valence-corrected chi connectivity index (χ1v) is 8.41. The number of phenols is 2. The molecule has 1 aliphatic heterocycles. The minimum Gasteiger partial charge on any atom is -0.507 e. The van der Waals surface area contributed by atoms with E-state index in [0.717, 1.165) is 11.1 Å². The Balaban J connectivity index is 1.98. The van der Waals surface area contributed by atoms with Gasteiger partial charge in [-0.2, -0.15) is 0 Å². The van der Waals surface area contributed by atoms with E-state index in [2.05, 4.69) is 0 Å². The van der Waals surface area contributed by atoms with E-state index in [1.165, 1.54) is 6.07 Å². The maximum Gasteiger partial charge on any atom is 0.174 e. The number of carbonyl (C=O) groups is 1. The molecule has 0 aromatic heterocycles. The van der Waals surface area contributed by atoms with E-state index in [-0.39, 0.29) is 35.0 Å².